The lowest BCUT2D eigenvalue weighted by Gasteiger charge is -2.40. The molecule has 1 saturated heterocycles. The Morgan fingerprint density at radius 3 is 2.40 bits per heavy atom. The first-order valence-electron chi connectivity index (χ1n) is 13.1. The van der Waals surface area contributed by atoms with Crippen molar-refractivity contribution in [2.24, 2.45) is 0 Å². The van der Waals surface area contributed by atoms with Crippen LogP contribution >= 0.6 is 11.3 Å². The van der Waals surface area contributed by atoms with E-state index in [9.17, 15) is 18.4 Å². The van der Waals surface area contributed by atoms with Crippen molar-refractivity contribution < 1.29 is 27.8 Å². The van der Waals surface area contributed by atoms with Crippen molar-refractivity contribution in [2.75, 3.05) is 38.7 Å². The number of esters is 1. The molecule has 0 unspecified atom stereocenters. The highest BCUT2D eigenvalue weighted by molar-refractivity contribution is 7.21. The van der Waals surface area contributed by atoms with Gasteiger partial charge < -0.3 is 14.8 Å². The van der Waals surface area contributed by atoms with Crippen molar-refractivity contribution in [3.05, 3.63) is 87.5 Å². The predicted octanol–water partition coefficient (Wildman–Crippen LogP) is 6.92. The molecule has 2 heterocycles. The first-order valence-corrected chi connectivity index (χ1v) is 13.9. The number of ketones is 1. The number of ether oxygens (including phenoxy) is 2. The molecule has 9 heteroatoms. The van der Waals surface area contributed by atoms with Gasteiger partial charge in [0.25, 0.3) is 0 Å². The first kappa shape index (κ1) is 27.7. The lowest BCUT2D eigenvalue weighted by Crippen LogP contribution is -2.54. The number of rotatable bonds is 10. The Bertz CT molecular complexity index is 1540. The van der Waals surface area contributed by atoms with E-state index in [4.69, 9.17) is 9.47 Å². The minimum absolute atomic E-state index is 0.272. The van der Waals surface area contributed by atoms with Crippen molar-refractivity contribution in [1.29, 1.82) is 0 Å². The molecule has 1 aliphatic heterocycles. The van der Waals surface area contributed by atoms with E-state index < -0.39 is 11.8 Å². The number of fused-ring (bicyclic) bond motifs is 1. The van der Waals surface area contributed by atoms with E-state index in [1.165, 1.54) is 30.6 Å². The maximum absolute atomic E-state index is 14.0. The van der Waals surface area contributed by atoms with E-state index in [-0.39, 0.29) is 12.5 Å². The molecule has 0 bridgehead atoms. The maximum atomic E-state index is 14.0. The fourth-order valence-corrected chi connectivity index (χ4v) is 6.17. The Labute approximate surface area is 235 Å². The molecule has 0 saturated carbocycles. The Balaban J connectivity index is 1.44. The first-order chi connectivity index (χ1) is 19.3. The number of nitrogens with one attached hydrogen (secondary N) is 1. The smallest absolute Gasteiger partial charge is 0.337 e. The van der Waals surface area contributed by atoms with Gasteiger partial charge in [-0.25, -0.2) is 9.18 Å². The largest absolute Gasteiger partial charge is 0.465 e. The molecule has 1 aliphatic rings. The zero-order valence-electron chi connectivity index (χ0n) is 22.6. The van der Waals surface area contributed by atoms with Crippen LogP contribution in [-0.4, -0.2) is 56.1 Å². The molecular weight excluding hydrogens is 534 g/mol. The van der Waals surface area contributed by atoms with Gasteiger partial charge in [0.2, 0.25) is 5.78 Å². The Kier molecular flexibility index (Phi) is 8.14. The molecule has 1 fully saturated rings. The zero-order chi connectivity index (χ0) is 28.4. The van der Waals surface area contributed by atoms with E-state index in [2.05, 4.69) is 10.2 Å². The van der Waals surface area contributed by atoms with Crippen molar-refractivity contribution in [3.8, 4) is 11.5 Å². The molecule has 0 spiro atoms. The summed E-state index contributed by atoms with van der Waals surface area (Å²) in [5.74, 6) is -0.220. The molecule has 208 valence electrons. The predicted molar refractivity (Wildman–Crippen MR) is 153 cm³/mol. The Morgan fingerprint density at radius 2 is 1.75 bits per heavy atom. The SMILES string of the molecule is COC(=O)c1ccc2c(Oc3ccc(NC4CN(CCCF)C4)cc3)c(C(=O)c3c(C)cc(F)cc3C)sc2c1. The second-order valence-corrected chi connectivity index (χ2v) is 11.0. The number of benzene rings is 3. The number of carbonyl (C=O) groups is 2. The molecule has 0 aliphatic carbocycles. The van der Waals surface area contributed by atoms with Crippen LogP contribution in [0.25, 0.3) is 10.1 Å². The summed E-state index contributed by atoms with van der Waals surface area (Å²) < 4.78 is 38.2. The van der Waals surface area contributed by atoms with Gasteiger partial charge >= 0.3 is 5.97 Å². The van der Waals surface area contributed by atoms with E-state index >= 15 is 0 Å². The van der Waals surface area contributed by atoms with E-state index in [0.29, 0.717) is 61.2 Å². The second kappa shape index (κ2) is 11.7. The summed E-state index contributed by atoms with van der Waals surface area (Å²) in [7, 11) is 1.32. The summed E-state index contributed by atoms with van der Waals surface area (Å²) in [6.45, 7) is 5.65. The van der Waals surface area contributed by atoms with E-state index in [1.807, 2.05) is 24.3 Å². The number of likely N-dealkylation sites (tertiary alicyclic amines) is 1. The Hall–Kier alpha value is -3.82. The van der Waals surface area contributed by atoms with Crippen LogP contribution in [0.3, 0.4) is 0 Å². The van der Waals surface area contributed by atoms with Gasteiger partial charge in [0.15, 0.2) is 5.75 Å². The van der Waals surface area contributed by atoms with Crippen molar-refractivity contribution in [2.45, 2.75) is 26.3 Å². The number of aryl methyl sites for hydroxylation is 2. The molecule has 0 amide bonds. The van der Waals surface area contributed by atoms with E-state index in [0.717, 1.165) is 25.3 Å². The number of hydrogen-bond donors (Lipinski definition) is 1. The van der Waals surface area contributed by atoms with Crippen LogP contribution in [0, 0.1) is 19.7 Å². The van der Waals surface area contributed by atoms with Crippen molar-refractivity contribution in [1.82, 2.24) is 4.90 Å². The number of nitrogens with zero attached hydrogens (tertiary/aromatic N) is 1. The number of hydrogen-bond acceptors (Lipinski definition) is 7. The average Bonchev–Trinajstić information content (AvgIpc) is 3.27. The molecule has 40 heavy (non-hydrogen) atoms. The summed E-state index contributed by atoms with van der Waals surface area (Å²) >= 11 is 1.22. The van der Waals surface area contributed by atoms with Crippen molar-refractivity contribution in [3.63, 3.8) is 0 Å². The third-order valence-electron chi connectivity index (χ3n) is 7.01. The van der Waals surface area contributed by atoms with Crippen LogP contribution in [0.4, 0.5) is 14.5 Å². The van der Waals surface area contributed by atoms with Crippen LogP contribution in [0.5, 0.6) is 11.5 Å². The fraction of sp³-hybridized carbons (Fsp3) is 0.290. The van der Waals surface area contributed by atoms with Crippen LogP contribution in [0.1, 0.15) is 43.1 Å². The second-order valence-electron chi connectivity index (χ2n) is 9.98. The molecule has 0 radical (unpaired) electrons. The highest BCUT2D eigenvalue weighted by Gasteiger charge is 2.27. The zero-order valence-corrected chi connectivity index (χ0v) is 23.4. The molecular formula is C31H30F2N2O4S. The monoisotopic (exact) mass is 564 g/mol. The quantitative estimate of drug-likeness (QED) is 0.167. The van der Waals surface area contributed by atoms with Crippen molar-refractivity contribution >= 4 is 38.9 Å². The maximum Gasteiger partial charge on any atom is 0.337 e. The standard InChI is InChI=1S/C31H30F2N2O4S/c1-18-13-21(33)14-19(2)27(18)28(36)30-29(25-10-5-20(31(37)38-3)15-26(25)40-30)39-24-8-6-22(7-9-24)34-23-16-35(17-23)12-4-11-32/h5-10,13-15,23,34H,4,11-12,16-17H2,1-3H3. The molecule has 1 N–H and O–H groups in total. The van der Waals surface area contributed by atoms with Gasteiger partial charge in [0.05, 0.1) is 25.4 Å². The number of anilines is 1. The van der Waals surface area contributed by atoms with Crippen LogP contribution < -0.4 is 10.1 Å². The van der Waals surface area contributed by atoms with E-state index in [1.54, 1.807) is 32.0 Å². The minimum atomic E-state index is -0.476. The lowest BCUT2D eigenvalue weighted by atomic mass is 9.97. The summed E-state index contributed by atoms with van der Waals surface area (Å²) in [4.78, 5) is 28.6. The summed E-state index contributed by atoms with van der Waals surface area (Å²) in [6, 6.07) is 15.6. The molecule has 6 nitrogen and oxygen atoms in total. The molecule has 5 rings (SSSR count). The van der Waals surface area contributed by atoms with Gasteiger partial charge in [0, 0.05) is 41.0 Å². The topological polar surface area (TPSA) is 67.9 Å². The normalized spacial score (nSPS) is 13.7. The third kappa shape index (κ3) is 5.71. The van der Waals surface area contributed by atoms with Crippen LogP contribution in [0.15, 0.2) is 54.6 Å². The molecule has 1 aromatic heterocycles. The Morgan fingerprint density at radius 1 is 1.05 bits per heavy atom. The number of carbonyl (C=O) groups excluding carboxylic acids is 2. The lowest BCUT2D eigenvalue weighted by molar-refractivity contribution is 0.0600. The molecule has 0 atom stereocenters. The third-order valence-corrected chi connectivity index (χ3v) is 8.14. The van der Waals surface area contributed by atoms with Crippen LogP contribution in [-0.2, 0) is 4.74 Å². The number of halogens is 2. The fourth-order valence-electron chi connectivity index (χ4n) is 5.05. The highest BCUT2D eigenvalue weighted by Crippen LogP contribution is 2.42. The molecule has 3 aromatic carbocycles. The number of alkyl halides is 1. The van der Waals surface area contributed by atoms with Gasteiger partial charge in [0.1, 0.15) is 16.4 Å². The van der Waals surface area contributed by atoms with Gasteiger partial charge in [-0.1, -0.05) is 0 Å². The minimum Gasteiger partial charge on any atom is -0.465 e. The molecule has 4 aromatic rings. The number of methoxy groups -OCH3 is 1. The summed E-state index contributed by atoms with van der Waals surface area (Å²) in [5.41, 5.74) is 2.80. The summed E-state index contributed by atoms with van der Waals surface area (Å²) in [5, 5.41) is 4.16. The van der Waals surface area contributed by atoms with Crippen LogP contribution in [0.2, 0.25) is 0 Å². The van der Waals surface area contributed by atoms with Gasteiger partial charge in [-0.3, -0.25) is 14.1 Å². The highest BCUT2D eigenvalue weighted by atomic mass is 32.1. The van der Waals surface area contributed by atoms with Gasteiger partial charge in [-0.15, -0.1) is 11.3 Å². The average molecular weight is 565 g/mol. The van der Waals surface area contributed by atoms with Gasteiger partial charge in [-0.05, 0) is 86.0 Å². The number of thiophene rings is 1. The van der Waals surface area contributed by atoms with Gasteiger partial charge in [-0.2, -0.15) is 0 Å². The summed E-state index contributed by atoms with van der Waals surface area (Å²) in [6.07, 6.45) is 0.560.